The SMILES string of the molecule is CN(CCOCC1CC1)CC(N)(CO)c1ccccc1. The average Bonchev–Trinajstić information content (AvgIpc) is 3.28. The second-order valence-electron chi connectivity index (χ2n) is 5.94. The Hall–Kier alpha value is -0.940. The zero-order chi connectivity index (χ0) is 14.4. The van der Waals surface area contributed by atoms with E-state index in [-0.39, 0.29) is 6.61 Å². The van der Waals surface area contributed by atoms with Crippen LogP contribution >= 0.6 is 0 Å². The van der Waals surface area contributed by atoms with Gasteiger partial charge in [-0.1, -0.05) is 30.3 Å². The zero-order valence-corrected chi connectivity index (χ0v) is 12.3. The van der Waals surface area contributed by atoms with Crippen LogP contribution in [0.1, 0.15) is 18.4 Å². The first-order chi connectivity index (χ1) is 9.64. The van der Waals surface area contributed by atoms with E-state index in [0.29, 0.717) is 6.54 Å². The van der Waals surface area contributed by atoms with Crippen LogP contribution in [-0.2, 0) is 10.3 Å². The van der Waals surface area contributed by atoms with Crippen LogP contribution in [0.25, 0.3) is 0 Å². The number of ether oxygens (including phenoxy) is 1. The molecule has 0 radical (unpaired) electrons. The van der Waals surface area contributed by atoms with Crippen molar-refractivity contribution in [3.05, 3.63) is 35.9 Å². The van der Waals surface area contributed by atoms with Crippen molar-refractivity contribution < 1.29 is 9.84 Å². The predicted octanol–water partition coefficient (Wildman–Crippen LogP) is 1.19. The van der Waals surface area contributed by atoms with Gasteiger partial charge in [0.05, 0.1) is 18.8 Å². The Morgan fingerprint density at radius 1 is 1.35 bits per heavy atom. The summed E-state index contributed by atoms with van der Waals surface area (Å²) in [6, 6.07) is 9.79. The van der Waals surface area contributed by atoms with Crippen molar-refractivity contribution in [1.29, 1.82) is 0 Å². The second kappa shape index (κ2) is 7.18. The number of hydrogen-bond acceptors (Lipinski definition) is 4. The number of hydrogen-bond donors (Lipinski definition) is 2. The molecular weight excluding hydrogens is 252 g/mol. The van der Waals surface area contributed by atoms with Gasteiger partial charge in [-0.25, -0.2) is 0 Å². The van der Waals surface area contributed by atoms with E-state index in [1.807, 2.05) is 37.4 Å². The molecule has 0 saturated heterocycles. The molecule has 0 aromatic heterocycles. The van der Waals surface area contributed by atoms with E-state index >= 15 is 0 Å². The van der Waals surface area contributed by atoms with Crippen LogP contribution in [0, 0.1) is 5.92 Å². The van der Waals surface area contributed by atoms with Gasteiger partial charge >= 0.3 is 0 Å². The highest BCUT2D eigenvalue weighted by Gasteiger charge is 2.28. The van der Waals surface area contributed by atoms with Crippen LogP contribution in [0.2, 0.25) is 0 Å². The van der Waals surface area contributed by atoms with E-state index in [1.165, 1.54) is 12.8 Å². The summed E-state index contributed by atoms with van der Waals surface area (Å²) in [5, 5.41) is 9.66. The molecule has 3 N–H and O–H groups in total. The molecule has 0 spiro atoms. The predicted molar refractivity (Wildman–Crippen MR) is 80.4 cm³/mol. The molecule has 1 fully saturated rings. The molecule has 112 valence electrons. The van der Waals surface area contributed by atoms with E-state index in [0.717, 1.165) is 31.2 Å². The van der Waals surface area contributed by atoms with Gasteiger partial charge in [-0.3, -0.25) is 0 Å². The summed E-state index contributed by atoms with van der Waals surface area (Å²) in [6.07, 6.45) is 2.64. The first-order valence-corrected chi connectivity index (χ1v) is 7.35. The number of nitrogens with two attached hydrogens (primary N) is 1. The number of rotatable bonds is 9. The monoisotopic (exact) mass is 278 g/mol. The molecule has 0 heterocycles. The lowest BCUT2D eigenvalue weighted by atomic mass is 9.91. The van der Waals surface area contributed by atoms with E-state index in [1.54, 1.807) is 0 Å². The molecule has 1 unspecified atom stereocenters. The van der Waals surface area contributed by atoms with Crippen LogP contribution in [-0.4, -0.2) is 50.0 Å². The zero-order valence-electron chi connectivity index (χ0n) is 12.3. The summed E-state index contributed by atoms with van der Waals surface area (Å²) in [7, 11) is 2.01. The standard InChI is InChI=1S/C16H26N2O2/c1-18(9-10-20-11-14-7-8-14)12-16(17,13-19)15-5-3-2-4-6-15/h2-6,14,19H,7-13,17H2,1H3. The van der Waals surface area contributed by atoms with Crippen molar-refractivity contribution in [3.63, 3.8) is 0 Å². The Balaban J connectivity index is 1.78. The van der Waals surface area contributed by atoms with Gasteiger partial charge in [0.15, 0.2) is 0 Å². The fourth-order valence-electron chi connectivity index (χ4n) is 2.32. The summed E-state index contributed by atoms with van der Waals surface area (Å²) in [5.74, 6) is 0.802. The van der Waals surface area contributed by atoms with E-state index in [2.05, 4.69) is 4.90 Å². The van der Waals surface area contributed by atoms with Gasteiger partial charge in [-0.2, -0.15) is 0 Å². The third kappa shape index (κ3) is 4.56. The van der Waals surface area contributed by atoms with Gasteiger partial charge in [0.2, 0.25) is 0 Å². The van der Waals surface area contributed by atoms with Crippen molar-refractivity contribution >= 4 is 0 Å². The minimum atomic E-state index is -0.716. The number of likely N-dealkylation sites (N-methyl/N-ethyl adjacent to an activating group) is 1. The topological polar surface area (TPSA) is 58.7 Å². The molecule has 1 aliphatic rings. The van der Waals surface area contributed by atoms with E-state index in [9.17, 15) is 5.11 Å². The van der Waals surface area contributed by atoms with Crippen LogP contribution in [0.5, 0.6) is 0 Å². The summed E-state index contributed by atoms with van der Waals surface area (Å²) in [6.45, 7) is 2.99. The highest BCUT2D eigenvalue weighted by molar-refractivity contribution is 5.24. The minimum Gasteiger partial charge on any atom is -0.394 e. The number of aliphatic hydroxyl groups is 1. The summed E-state index contributed by atoms with van der Waals surface area (Å²) >= 11 is 0. The maximum Gasteiger partial charge on any atom is 0.0772 e. The smallest absolute Gasteiger partial charge is 0.0772 e. The van der Waals surface area contributed by atoms with Crippen molar-refractivity contribution in [2.45, 2.75) is 18.4 Å². The highest BCUT2D eigenvalue weighted by Crippen LogP contribution is 2.28. The third-order valence-electron chi connectivity index (χ3n) is 3.85. The Labute approximate surface area is 121 Å². The lowest BCUT2D eigenvalue weighted by Crippen LogP contribution is -2.50. The summed E-state index contributed by atoms with van der Waals surface area (Å²) < 4.78 is 5.64. The molecule has 0 amide bonds. The maximum atomic E-state index is 9.66. The molecule has 20 heavy (non-hydrogen) atoms. The van der Waals surface area contributed by atoms with Crippen LogP contribution in [0.3, 0.4) is 0 Å². The molecule has 4 heteroatoms. The van der Waals surface area contributed by atoms with Gasteiger partial charge < -0.3 is 20.5 Å². The average molecular weight is 278 g/mol. The third-order valence-corrected chi connectivity index (χ3v) is 3.85. The lowest BCUT2D eigenvalue weighted by molar-refractivity contribution is 0.0874. The Morgan fingerprint density at radius 2 is 2.05 bits per heavy atom. The van der Waals surface area contributed by atoms with Crippen LogP contribution in [0.15, 0.2) is 30.3 Å². The van der Waals surface area contributed by atoms with Gasteiger partial charge in [-0.05, 0) is 31.4 Å². The molecule has 1 aromatic rings. The summed E-state index contributed by atoms with van der Waals surface area (Å²) in [4.78, 5) is 2.12. The Bertz CT molecular complexity index is 395. The molecule has 0 bridgehead atoms. The normalized spacial score (nSPS) is 18.2. The largest absolute Gasteiger partial charge is 0.394 e. The molecule has 1 saturated carbocycles. The second-order valence-corrected chi connectivity index (χ2v) is 5.94. The molecule has 1 aromatic carbocycles. The molecule has 0 aliphatic heterocycles. The van der Waals surface area contributed by atoms with Crippen molar-refractivity contribution in [3.8, 4) is 0 Å². The summed E-state index contributed by atoms with van der Waals surface area (Å²) in [5.41, 5.74) is 6.60. The maximum absolute atomic E-state index is 9.66. The van der Waals surface area contributed by atoms with E-state index in [4.69, 9.17) is 10.5 Å². The van der Waals surface area contributed by atoms with Gasteiger partial charge in [0.1, 0.15) is 0 Å². The first kappa shape index (κ1) is 15.4. The lowest BCUT2D eigenvalue weighted by Gasteiger charge is -2.32. The first-order valence-electron chi connectivity index (χ1n) is 7.35. The number of aliphatic hydroxyl groups excluding tert-OH is 1. The van der Waals surface area contributed by atoms with Gasteiger partial charge in [0, 0.05) is 19.7 Å². The van der Waals surface area contributed by atoms with Crippen molar-refractivity contribution in [1.82, 2.24) is 4.90 Å². The van der Waals surface area contributed by atoms with Gasteiger partial charge in [-0.15, -0.1) is 0 Å². The quantitative estimate of drug-likeness (QED) is 0.666. The fraction of sp³-hybridized carbons (Fsp3) is 0.625. The molecule has 1 atom stereocenters. The molecule has 4 nitrogen and oxygen atoms in total. The van der Waals surface area contributed by atoms with Gasteiger partial charge in [0.25, 0.3) is 0 Å². The number of nitrogens with zero attached hydrogens (tertiary/aromatic N) is 1. The van der Waals surface area contributed by atoms with Crippen LogP contribution < -0.4 is 5.73 Å². The number of benzene rings is 1. The molecule has 2 rings (SSSR count). The Morgan fingerprint density at radius 3 is 2.65 bits per heavy atom. The molecular formula is C16H26N2O2. The highest BCUT2D eigenvalue weighted by atomic mass is 16.5. The minimum absolute atomic E-state index is 0.0652. The van der Waals surface area contributed by atoms with E-state index < -0.39 is 5.54 Å². The van der Waals surface area contributed by atoms with Crippen molar-refractivity contribution in [2.75, 3.05) is 40.0 Å². The van der Waals surface area contributed by atoms with Crippen LogP contribution in [0.4, 0.5) is 0 Å². The van der Waals surface area contributed by atoms with Crippen molar-refractivity contribution in [2.24, 2.45) is 11.7 Å². The fourth-order valence-corrected chi connectivity index (χ4v) is 2.32. The molecule has 1 aliphatic carbocycles. The Kier molecular flexibility index (Phi) is 5.54.